The molecule has 1 aromatic carbocycles. The van der Waals surface area contributed by atoms with E-state index in [2.05, 4.69) is 18.8 Å². The summed E-state index contributed by atoms with van der Waals surface area (Å²) in [5, 5.41) is 3.18. The van der Waals surface area contributed by atoms with Gasteiger partial charge in [-0.15, -0.1) is 23.7 Å². The first-order valence-corrected chi connectivity index (χ1v) is 8.37. The van der Waals surface area contributed by atoms with Gasteiger partial charge >= 0.3 is 0 Å². The summed E-state index contributed by atoms with van der Waals surface area (Å²) in [6.45, 7) is 4.49. The molecule has 0 saturated heterocycles. The van der Waals surface area contributed by atoms with E-state index in [-0.39, 0.29) is 30.3 Å². The van der Waals surface area contributed by atoms with Gasteiger partial charge in [0.05, 0.1) is 6.04 Å². The SMILES string of the molecule is CC(C)C(c1ccccc1Cl)N(C)C(=O)c1csc(CN)n1.Cl. The first-order chi connectivity index (χ1) is 10.5. The van der Waals surface area contributed by atoms with Crippen molar-refractivity contribution in [2.75, 3.05) is 7.05 Å². The van der Waals surface area contributed by atoms with Crippen LogP contribution in [0, 0.1) is 5.92 Å². The quantitative estimate of drug-likeness (QED) is 0.856. The summed E-state index contributed by atoms with van der Waals surface area (Å²) in [6, 6.07) is 7.52. The standard InChI is InChI=1S/C16H20ClN3OS.ClH/c1-10(2)15(11-6-4-5-7-12(11)17)20(3)16(21)13-9-22-14(8-18)19-13;/h4-7,9-10,15H,8,18H2,1-3H3;1H. The molecule has 126 valence electrons. The van der Waals surface area contributed by atoms with Crippen molar-refractivity contribution >= 4 is 41.3 Å². The van der Waals surface area contributed by atoms with E-state index < -0.39 is 0 Å². The molecule has 0 aliphatic heterocycles. The highest BCUT2D eigenvalue weighted by atomic mass is 35.5. The number of rotatable bonds is 5. The van der Waals surface area contributed by atoms with Crippen LogP contribution in [0.5, 0.6) is 0 Å². The van der Waals surface area contributed by atoms with Crippen molar-refractivity contribution in [1.82, 2.24) is 9.88 Å². The Labute approximate surface area is 152 Å². The molecule has 4 nitrogen and oxygen atoms in total. The zero-order chi connectivity index (χ0) is 16.3. The third-order valence-electron chi connectivity index (χ3n) is 3.54. The number of benzene rings is 1. The maximum absolute atomic E-state index is 12.7. The fraction of sp³-hybridized carbons (Fsp3) is 0.375. The Bertz CT molecular complexity index is 660. The van der Waals surface area contributed by atoms with Gasteiger partial charge in [0.1, 0.15) is 10.7 Å². The maximum atomic E-state index is 12.7. The molecular formula is C16H21Cl2N3OS. The summed E-state index contributed by atoms with van der Waals surface area (Å²) in [6.07, 6.45) is 0. The molecule has 7 heteroatoms. The van der Waals surface area contributed by atoms with Crippen molar-refractivity contribution in [2.24, 2.45) is 11.7 Å². The van der Waals surface area contributed by atoms with Gasteiger partial charge in [-0.3, -0.25) is 4.79 Å². The van der Waals surface area contributed by atoms with E-state index in [4.69, 9.17) is 17.3 Å². The summed E-state index contributed by atoms with van der Waals surface area (Å²) < 4.78 is 0. The minimum Gasteiger partial charge on any atom is -0.333 e. The molecule has 0 radical (unpaired) electrons. The van der Waals surface area contributed by atoms with Crippen molar-refractivity contribution in [3.63, 3.8) is 0 Å². The minimum atomic E-state index is -0.116. The molecule has 1 aromatic heterocycles. The zero-order valence-electron chi connectivity index (χ0n) is 13.3. The highest BCUT2D eigenvalue weighted by Crippen LogP contribution is 2.33. The average molecular weight is 374 g/mol. The number of carbonyl (C=O) groups excluding carboxylic acids is 1. The first-order valence-electron chi connectivity index (χ1n) is 7.11. The van der Waals surface area contributed by atoms with E-state index in [0.717, 1.165) is 10.6 Å². The Morgan fingerprint density at radius 3 is 2.57 bits per heavy atom. The summed E-state index contributed by atoms with van der Waals surface area (Å²) in [5.74, 6) is 0.107. The van der Waals surface area contributed by atoms with Crippen molar-refractivity contribution in [3.05, 3.63) is 50.9 Å². The molecule has 0 aliphatic rings. The predicted molar refractivity (Wildman–Crippen MR) is 98.4 cm³/mol. The molecule has 1 amide bonds. The Hall–Kier alpha value is -1.14. The minimum absolute atomic E-state index is 0. The van der Waals surface area contributed by atoms with E-state index in [9.17, 15) is 4.79 Å². The third kappa shape index (κ3) is 4.44. The van der Waals surface area contributed by atoms with Gasteiger partial charge in [0.25, 0.3) is 5.91 Å². The van der Waals surface area contributed by atoms with Crippen molar-refractivity contribution in [2.45, 2.75) is 26.4 Å². The molecule has 0 bridgehead atoms. The number of carbonyl (C=O) groups is 1. The summed E-state index contributed by atoms with van der Waals surface area (Å²) in [5.41, 5.74) is 6.95. The highest BCUT2D eigenvalue weighted by Gasteiger charge is 2.28. The van der Waals surface area contributed by atoms with Crippen LogP contribution in [-0.4, -0.2) is 22.8 Å². The fourth-order valence-corrected chi connectivity index (χ4v) is 3.44. The molecule has 0 saturated carbocycles. The van der Waals surface area contributed by atoms with Gasteiger partial charge in [0, 0.05) is 24.0 Å². The lowest BCUT2D eigenvalue weighted by Crippen LogP contribution is -2.34. The van der Waals surface area contributed by atoms with Crippen LogP contribution in [0.3, 0.4) is 0 Å². The van der Waals surface area contributed by atoms with Crippen molar-refractivity contribution in [3.8, 4) is 0 Å². The van der Waals surface area contributed by atoms with Crippen LogP contribution in [0.15, 0.2) is 29.6 Å². The van der Waals surface area contributed by atoms with Gasteiger partial charge in [-0.2, -0.15) is 0 Å². The lowest BCUT2D eigenvalue weighted by atomic mass is 9.94. The van der Waals surface area contributed by atoms with Gasteiger partial charge < -0.3 is 10.6 Å². The van der Waals surface area contributed by atoms with Crippen LogP contribution in [0.2, 0.25) is 5.02 Å². The lowest BCUT2D eigenvalue weighted by molar-refractivity contribution is 0.0682. The summed E-state index contributed by atoms with van der Waals surface area (Å²) in [4.78, 5) is 18.7. The second-order valence-electron chi connectivity index (χ2n) is 5.46. The van der Waals surface area contributed by atoms with Crippen LogP contribution >= 0.6 is 35.3 Å². The Kier molecular flexibility index (Phi) is 7.48. The van der Waals surface area contributed by atoms with E-state index in [1.54, 1.807) is 17.3 Å². The molecular weight excluding hydrogens is 353 g/mol. The third-order valence-corrected chi connectivity index (χ3v) is 4.75. The zero-order valence-corrected chi connectivity index (χ0v) is 15.7. The normalized spacial score (nSPS) is 11.9. The van der Waals surface area contributed by atoms with Gasteiger partial charge in [-0.05, 0) is 17.5 Å². The summed E-state index contributed by atoms with van der Waals surface area (Å²) in [7, 11) is 1.79. The molecule has 0 aliphatic carbocycles. The van der Waals surface area contributed by atoms with Crippen LogP contribution in [0.25, 0.3) is 0 Å². The van der Waals surface area contributed by atoms with E-state index >= 15 is 0 Å². The molecule has 0 spiro atoms. The van der Waals surface area contributed by atoms with E-state index in [1.807, 2.05) is 24.3 Å². The largest absolute Gasteiger partial charge is 0.333 e. The topological polar surface area (TPSA) is 59.2 Å². The Balaban J connectivity index is 0.00000264. The molecule has 2 N–H and O–H groups in total. The number of hydrogen-bond acceptors (Lipinski definition) is 4. The van der Waals surface area contributed by atoms with Crippen LogP contribution in [-0.2, 0) is 6.54 Å². The smallest absolute Gasteiger partial charge is 0.273 e. The number of hydrogen-bond donors (Lipinski definition) is 1. The van der Waals surface area contributed by atoms with Crippen LogP contribution in [0.4, 0.5) is 0 Å². The van der Waals surface area contributed by atoms with Gasteiger partial charge in [0.2, 0.25) is 0 Å². The van der Waals surface area contributed by atoms with Gasteiger partial charge in [-0.1, -0.05) is 43.6 Å². The summed E-state index contributed by atoms with van der Waals surface area (Å²) >= 11 is 7.72. The molecule has 23 heavy (non-hydrogen) atoms. The van der Waals surface area contributed by atoms with Gasteiger partial charge in [0.15, 0.2) is 0 Å². The second kappa shape index (κ2) is 8.64. The molecule has 0 fully saturated rings. The van der Waals surface area contributed by atoms with Crippen molar-refractivity contribution in [1.29, 1.82) is 0 Å². The predicted octanol–water partition coefficient (Wildman–Crippen LogP) is 4.15. The fourth-order valence-electron chi connectivity index (χ4n) is 2.54. The Morgan fingerprint density at radius 1 is 1.39 bits per heavy atom. The number of nitrogens with two attached hydrogens (primary N) is 1. The molecule has 1 heterocycles. The Morgan fingerprint density at radius 2 is 2.04 bits per heavy atom. The van der Waals surface area contributed by atoms with E-state index in [0.29, 0.717) is 17.3 Å². The highest BCUT2D eigenvalue weighted by molar-refractivity contribution is 7.09. The first kappa shape index (κ1) is 19.9. The number of halogens is 2. The molecule has 2 rings (SSSR count). The van der Waals surface area contributed by atoms with Crippen molar-refractivity contribution < 1.29 is 4.79 Å². The second-order valence-corrected chi connectivity index (χ2v) is 6.81. The monoisotopic (exact) mass is 373 g/mol. The van der Waals surface area contributed by atoms with Crippen LogP contribution in [0.1, 0.15) is 40.9 Å². The van der Waals surface area contributed by atoms with Crippen LogP contribution < -0.4 is 5.73 Å². The number of nitrogens with zero attached hydrogens (tertiary/aromatic N) is 2. The lowest BCUT2D eigenvalue weighted by Gasteiger charge is -2.32. The van der Waals surface area contributed by atoms with Gasteiger partial charge in [-0.25, -0.2) is 4.98 Å². The molecule has 1 atom stereocenters. The van der Waals surface area contributed by atoms with E-state index in [1.165, 1.54) is 11.3 Å². The average Bonchev–Trinajstić information content (AvgIpc) is 2.97. The molecule has 1 unspecified atom stereocenters. The number of thiazole rings is 1. The maximum Gasteiger partial charge on any atom is 0.273 e. The molecule has 2 aromatic rings. The number of amides is 1. The number of aromatic nitrogens is 1.